The minimum atomic E-state index is -0.523. The molecule has 1 aliphatic rings. The van der Waals surface area contributed by atoms with E-state index >= 15 is 0 Å². The number of carbonyl (C=O) groups is 2. The Kier molecular flexibility index (Phi) is 5.65. The lowest BCUT2D eigenvalue weighted by Crippen LogP contribution is -2.39. The second kappa shape index (κ2) is 6.67. The molecular formula is C16H29NO4. The zero-order chi connectivity index (χ0) is 16.3. The Balaban J connectivity index is 2.69. The van der Waals surface area contributed by atoms with Gasteiger partial charge in [-0.15, -0.1) is 0 Å². The molecule has 21 heavy (non-hydrogen) atoms. The Morgan fingerprint density at radius 2 is 1.90 bits per heavy atom. The summed E-state index contributed by atoms with van der Waals surface area (Å²) in [5.74, 6) is 0.0572. The maximum Gasteiger partial charge on any atom is 0.407 e. The van der Waals surface area contributed by atoms with E-state index in [2.05, 4.69) is 12.2 Å². The third-order valence-electron chi connectivity index (χ3n) is 4.10. The zero-order valence-corrected chi connectivity index (χ0v) is 14.1. The molecule has 0 aromatic rings. The number of ether oxygens (including phenoxy) is 2. The van der Waals surface area contributed by atoms with Crippen LogP contribution in [0.15, 0.2) is 0 Å². The monoisotopic (exact) mass is 299 g/mol. The molecular weight excluding hydrogens is 270 g/mol. The van der Waals surface area contributed by atoms with E-state index in [0.29, 0.717) is 13.0 Å². The highest BCUT2D eigenvalue weighted by Gasteiger charge is 2.49. The first-order valence-electron chi connectivity index (χ1n) is 7.79. The standard InChI is InChI=1S/C16H29NO4/c1-7-11-9-12(17-14(19)21-15(3,4)5)10-16(11,6)13(18)20-8-2/h11-12H,7-10H2,1-6H3,(H,17,19)/t11-,12+,16-/m0/s1. The summed E-state index contributed by atoms with van der Waals surface area (Å²) >= 11 is 0. The Hall–Kier alpha value is -1.26. The number of carbonyl (C=O) groups excluding carboxylic acids is 2. The molecule has 1 N–H and O–H groups in total. The van der Waals surface area contributed by atoms with Crippen molar-refractivity contribution < 1.29 is 19.1 Å². The van der Waals surface area contributed by atoms with E-state index in [4.69, 9.17) is 9.47 Å². The van der Waals surface area contributed by atoms with E-state index in [1.165, 1.54) is 0 Å². The number of amides is 1. The van der Waals surface area contributed by atoms with Gasteiger partial charge in [-0.1, -0.05) is 13.3 Å². The number of rotatable bonds is 4. The summed E-state index contributed by atoms with van der Waals surface area (Å²) in [7, 11) is 0. The van der Waals surface area contributed by atoms with Gasteiger partial charge in [0.15, 0.2) is 0 Å². The molecule has 0 aromatic carbocycles. The quantitative estimate of drug-likeness (QED) is 0.809. The van der Waals surface area contributed by atoms with Gasteiger partial charge in [-0.25, -0.2) is 4.79 Å². The number of esters is 1. The fourth-order valence-corrected chi connectivity index (χ4v) is 3.11. The lowest BCUT2D eigenvalue weighted by Gasteiger charge is -2.28. The van der Waals surface area contributed by atoms with Crippen molar-refractivity contribution in [2.75, 3.05) is 6.61 Å². The van der Waals surface area contributed by atoms with Crippen LogP contribution in [0.25, 0.3) is 0 Å². The summed E-state index contributed by atoms with van der Waals surface area (Å²) in [6.45, 7) is 11.7. The molecule has 0 bridgehead atoms. The van der Waals surface area contributed by atoms with E-state index in [1.54, 1.807) is 0 Å². The molecule has 0 aromatic heterocycles. The van der Waals surface area contributed by atoms with Crippen molar-refractivity contribution in [3.63, 3.8) is 0 Å². The van der Waals surface area contributed by atoms with Crippen LogP contribution in [-0.2, 0) is 14.3 Å². The molecule has 0 unspecified atom stereocenters. The number of nitrogens with one attached hydrogen (secondary N) is 1. The Bertz CT molecular complexity index is 388. The number of hydrogen-bond acceptors (Lipinski definition) is 4. The van der Waals surface area contributed by atoms with Crippen molar-refractivity contribution in [3.05, 3.63) is 0 Å². The molecule has 0 saturated heterocycles. The normalized spacial score (nSPS) is 29.0. The highest BCUT2D eigenvalue weighted by Crippen LogP contribution is 2.46. The molecule has 1 rings (SSSR count). The van der Waals surface area contributed by atoms with Crippen LogP contribution in [0.2, 0.25) is 0 Å². The van der Waals surface area contributed by atoms with Gasteiger partial charge in [0.25, 0.3) is 0 Å². The SMILES string of the molecule is CCOC(=O)[C@@]1(C)C[C@H](NC(=O)OC(C)(C)C)C[C@@H]1CC. The maximum absolute atomic E-state index is 12.2. The Morgan fingerprint density at radius 1 is 1.29 bits per heavy atom. The van der Waals surface area contributed by atoms with E-state index in [1.807, 2.05) is 34.6 Å². The van der Waals surface area contributed by atoms with Crippen LogP contribution < -0.4 is 5.32 Å². The fraction of sp³-hybridized carbons (Fsp3) is 0.875. The average Bonchev–Trinajstić information content (AvgIpc) is 2.64. The second-order valence-electron chi connectivity index (χ2n) is 7.03. The molecule has 0 heterocycles. The first-order chi connectivity index (χ1) is 9.62. The van der Waals surface area contributed by atoms with Crippen LogP contribution >= 0.6 is 0 Å². The third kappa shape index (κ3) is 4.61. The highest BCUT2D eigenvalue weighted by molar-refractivity contribution is 5.77. The van der Waals surface area contributed by atoms with Gasteiger partial charge in [0.2, 0.25) is 0 Å². The summed E-state index contributed by atoms with van der Waals surface area (Å²) in [6, 6.07) is -0.0424. The molecule has 0 spiro atoms. The minimum absolute atomic E-state index is 0.0424. The number of hydrogen-bond donors (Lipinski definition) is 1. The predicted octanol–water partition coefficient (Wildman–Crippen LogP) is 3.27. The van der Waals surface area contributed by atoms with Crippen molar-refractivity contribution in [2.45, 2.75) is 72.4 Å². The predicted molar refractivity (Wildman–Crippen MR) is 80.9 cm³/mol. The summed E-state index contributed by atoms with van der Waals surface area (Å²) < 4.78 is 10.5. The van der Waals surface area contributed by atoms with Crippen LogP contribution in [0.4, 0.5) is 4.79 Å². The lowest BCUT2D eigenvalue weighted by molar-refractivity contribution is -0.156. The van der Waals surface area contributed by atoms with Gasteiger partial charge < -0.3 is 14.8 Å². The van der Waals surface area contributed by atoms with Crippen molar-refractivity contribution in [3.8, 4) is 0 Å². The van der Waals surface area contributed by atoms with Gasteiger partial charge in [-0.05, 0) is 53.4 Å². The summed E-state index contributed by atoms with van der Waals surface area (Å²) in [5.41, 5.74) is -1.04. The Labute approximate surface area is 127 Å². The smallest absolute Gasteiger partial charge is 0.407 e. The van der Waals surface area contributed by atoms with Crippen molar-refractivity contribution in [2.24, 2.45) is 11.3 Å². The molecule has 1 amide bonds. The van der Waals surface area contributed by atoms with Gasteiger partial charge in [-0.2, -0.15) is 0 Å². The van der Waals surface area contributed by atoms with Crippen LogP contribution in [0, 0.1) is 11.3 Å². The molecule has 3 atom stereocenters. The van der Waals surface area contributed by atoms with E-state index in [-0.39, 0.29) is 17.9 Å². The number of alkyl carbamates (subject to hydrolysis) is 1. The molecule has 1 saturated carbocycles. The van der Waals surface area contributed by atoms with Crippen LogP contribution in [-0.4, -0.2) is 30.3 Å². The van der Waals surface area contributed by atoms with Gasteiger partial charge in [-0.3, -0.25) is 4.79 Å². The summed E-state index contributed by atoms with van der Waals surface area (Å²) in [5, 5.41) is 2.88. The van der Waals surface area contributed by atoms with Crippen molar-refractivity contribution >= 4 is 12.1 Å². The lowest BCUT2D eigenvalue weighted by atomic mass is 9.78. The van der Waals surface area contributed by atoms with Crippen LogP contribution in [0.5, 0.6) is 0 Å². The second-order valence-corrected chi connectivity index (χ2v) is 7.03. The van der Waals surface area contributed by atoms with Gasteiger partial charge in [0.1, 0.15) is 5.60 Å². The van der Waals surface area contributed by atoms with Gasteiger partial charge in [0, 0.05) is 6.04 Å². The molecule has 5 heteroatoms. The van der Waals surface area contributed by atoms with Gasteiger partial charge >= 0.3 is 12.1 Å². The van der Waals surface area contributed by atoms with E-state index in [0.717, 1.165) is 12.8 Å². The first kappa shape index (κ1) is 17.8. The van der Waals surface area contributed by atoms with Crippen LogP contribution in [0.1, 0.15) is 60.8 Å². The molecule has 0 radical (unpaired) electrons. The summed E-state index contributed by atoms with van der Waals surface area (Å²) in [6.07, 6.45) is 1.85. The first-order valence-corrected chi connectivity index (χ1v) is 7.79. The van der Waals surface area contributed by atoms with Gasteiger partial charge in [0.05, 0.1) is 12.0 Å². The van der Waals surface area contributed by atoms with E-state index in [9.17, 15) is 9.59 Å². The molecule has 122 valence electrons. The zero-order valence-electron chi connectivity index (χ0n) is 14.1. The Morgan fingerprint density at radius 3 is 2.38 bits per heavy atom. The molecule has 0 aliphatic heterocycles. The maximum atomic E-state index is 12.2. The molecule has 5 nitrogen and oxygen atoms in total. The van der Waals surface area contributed by atoms with Crippen LogP contribution in [0.3, 0.4) is 0 Å². The molecule has 1 fully saturated rings. The summed E-state index contributed by atoms with van der Waals surface area (Å²) in [4.78, 5) is 24.1. The fourth-order valence-electron chi connectivity index (χ4n) is 3.11. The average molecular weight is 299 g/mol. The van der Waals surface area contributed by atoms with Crippen molar-refractivity contribution in [1.82, 2.24) is 5.32 Å². The van der Waals surface area contributed by atoms with E-state index < -0.39 is 17.1 Å². The highest BCUT2D eigenvalue weighted by atomic mass is 16.6. The largest absolute Gasteiger partial charge is 0.466 e. The topological polar surface area (TPSA) is 64.6 Å². The third-order valence-corrected chi connectivity index (χ3v) is 4.10. The van der Waals surface area contributed by atoms with Crippen molar-refractivity contribution in [1.29, 1.82) is 0 Å². The minimum Gasteiger partial charge on any atom is -0.466 e. The molecule has 1 aliphatic carbocycles.